The van der Waals surface area contributed by atoms with E-state index >= 15 is 0 Å². The zero-order valence-corrected chi connectivity index (χ0v) is 19.2. The number of nitrogens with zero attached hydrogens (tertiary/aromatic N) is 1. The average molecular weight is 492 g/mol. The first-order chi connectivity index (χ1) is 13.9. The molecule has 12 heteroatoms. The standard InChI is InChI=1S/C18H19Cl2N3O5S2/c1-23(2)30(27,28)13-7-5-11(6-8-13)21-18(24)14-9-17(16(20)10-15(14)19)29(25,26)22-12-3-4-12/h5-10,12,22H,3-4H2,1-2H3,(H,21,24). The van der Waals surface area contributed by atoms with Crippen LogP contribution in [0.1, 0.15) is 23.2 Å². The third-order valence-corrected chi connectivity index (χ3v) is 8.47. The monoisotopic (exact) mass is 491 g/mol. The summed E-state index contributed by atoms with van der Waals surface area (Å²) in [6, 6.07) is 7.74. The minimum atomic E-state index is -3.90. The second-order valence-electron chi connectivity index (χ2n) is 6.92. The van der Waals surface area contributed by atoms with Crippen molar-refractivity contribution in [3.8, 4) is 0 Å². The molecule has 1 fully saturated rings. The second kappa shape index (κ2) is 8.45. The Morgan fingerprint density at radius 2 is 1.60 bits per heavy atom. The van der Waals surface area contributed by atoms with Gasteiger partial charge in [-0.3, -0.25) is 4.79 Å². The van der Waals surface area contributed by atoms with Gasteiger partial charge in [-0.2, -0.15) is 0 Å². The zero-order valence-electron chi connectivity index (χ0n) is 16.0. The molecule has 1 saturated carbocycles. The van der Waals surface area contributed by atoms with Crippen LogP contribution in [0.3, 0.4) is 0 Å². The Labute approximate surface area is 185 Å². The van der Waals surface area contributed by atoms with E-state index in [1.54, 1.807) is 0 Å². The summed E-state index contributed by atoms with van der Waals surface area (Å²) < 4.78 is 52.8. The van der Waals surface area contributed by atoms with Crippen LogP contribution < -0.4 is 10.0 Å². The van der Waals surface area contributed by atoms with Crippen molar-refractivity contribution in [1.29, 1.82) is 0 Å². The lowest BCUT2D eigenvalue weighted by Crippen LogP contribution is -2.26. The van der Waals surface area contributed by atoms with Crippen LogP contribution in [-0.4, -0.2) is 47.2 Å². The van der Waals surface area contributed by atoms with Gasteiger partial charge in [0.15, 0.2) is 0 Å². The molecule has 0 radical (unpaired) electrons. The van der Waals surface area contributed by atoms with E-state index in [0.717, 1.165) is 23.2 Å². The number of anilines is 1. The van der Waals surface area contributed by atoms with Crippen LogP contribution in [0.15, 0.2) is 46.2 Å². The number of sulfonamides is 2. The van der Waals surface area contributed by atoms with Crippen molar-refractivity contribution in [2.24, 2.45) is 0 Å². The Morgan fingerprint density at radius 3 is 2.13 bits per heavy atom. The summed E-state index contributed by atoms with van der Waals surface area (Å²) in [5, 5.41) is 2.45. The van der Waals surface area contributed by atoms with Gasteiger partial charge in [0.2, 0.25) is 20.0 Å². The first-order valence-electron chi connectivity index (χ1n) is 8.77. The molecule has 1 aliphatic rings. The van der Waals surface area contributed by atoms with Crippen molar-refractivity contribution in [1.82, 2.24) is 9.03 Å². The van der Waals surface area contributed by atoms with Gasteiger partial charge in [-0.1, -0.05) is 23.2 Å². The summed E-state index contributed by atoms with van der Waals surface area (Å²) in [5.74, 6) is -0.664. The quantitative estimate of drug-likeness (QED) is 0.617. The van der Waals surface area contributed by atoms with Crippen molar-refractivity contribution in [3.05, 3.63) is 52.0 Å². The highest BCUT2D eigenvalue weighted by atomic mass is 35.5. The minimum Gasteiger partial charge on any atom is -0.322 e. The van der Waals surface area contributed by atoms with Crippen molar-refractivity contribution in [2.45, 2.75) is 28.7 Å². The molecule has 0 heterocycles. The normalized spacial score (nSPS) is 14.7. The SMILES string of the molecule is CN(C)S(=O)(=O)c1ccc(NC(=O)c2cc(S(=O)(=O)NC3CC3)c(Cl)cc2Cl)cc1. The topological polar surface area (TPSA) is 113 Å². The van der Waals surface area contributed by atoms with Crippen LogP contribution in [0.4, 0.5) is 5.69 Å². The smallest absolute Gasteiger partial charge is 0.257 e. The molecule has 0 aromatic heterocycles. The molecule has 30 heavy (non-hydrogen) atoms. The number of halogens is 2. The summed E-state index contributed by atoms with van der Waals surface area (Å²) in [6.45, 7) is 0. The van der Waals surface area contributed by atoms with Crippen molar-refractivity contribution in [2.75, 3.05) is 19.4 Å². The number of carbonyl (C=O) groups excluding carboxylic acids is 1. The van der Waals surface area contributed by atoms with Gasteiger partial charge in [0, 0.05) is 25.8 Å². The van der Waals surface area contributed by atoms with E-state index in [9.17, 15) is 21.6 Å². The molecule has 0 saturated heterocycles. The van der Waals surface area contributed by atoms with Crippen LogP contribution >= 0.6 is 23.2 Å². The minimum absolute atomic E-state index is 0.0188. The maximum absolute atomic E-state index is 12.7. The molecule has 1 aliphatic carbocycles. The number of nitrogens with one attached hydrogen (secondary N) is 2. The Balaban J connectivity index is 1.86. The van der Waals surface area contributed by atoms with E-state index in [-0.39, 0.29) is 31.4 Å². The molecule has 0 spiro atoms. The van der Waals surface area contributed by atoms with E-state index < -0.39 is 26.0 Å². The predicted molar refractivity (Wildman–Crippen MR) is 115 cm³/mol. The fourth-order valence-electron chi connectivity index (χ4n) is 2.51. The number of carbonyl (C=O) groups is 1. The van der Waals surface area contributed by atoms with Gasteiger partial charge in [-0.25, -0.2) is 25.9 Å². The molecule has 0 unspecified atom stereocenters. The Morgan fingerprint density at radius 1 is 1.00 bits per heavy atom. The highest BCUT2D eigenvalue weighted by Gasteiger charge is 2.30. The molecular formula is C18H19Cl2N3O5S2. The van der Waals surface area contributed by atoms with E-state index in [2.05, 4.69) is 10.0 Å². The number of benzene rings is 2. The first kappa shape index (κ1) is 23.0. The van der Waals surface area contributed by atoms with Crippen molar-refractivity contribution >= 4 is 54.8 Å². The molecule has 0 aliphatic heterocycles. The van der Waals surface area contributed by atoms with E-state index in [0.29, 0.717) is 5.69 Å². The summed E-state index contributed by atoms with van der Waals surface area (Å²) in [7, 11) is -4.67. The van der Waals surface area contributed by atoms with Gasteiger partial charge in [-0.15, -0.1) is 0 Å². The summed E-state index contributed by atoms with van der Waals surface area (Å²) in [5.41, 5.74) is 0.228. The van der Waals surface area contributed by atoms with Crippen LogP contribution in [0.25, 0.3) is 0 Å². The van der Waals surface area contributed by atoms with Crippen molar-refractivity contribution in [3.63, 3.8) is 0 Å². The van der Waals surface area contributed by atoms with Crippen molar-refractivity contribution < 1.29 is 21.6 Å². The molecule has 2 aromatic carbocycles. The zero-order chi connectivity index (χ0) is 22.3. The third-order valence-electron chi connectivity index (χ3n) is 4.35. The Bertz CT molecular complexity index is 1190. The van der Waals surface area contributed by atoms with E-state index in [1.807, 2.05) is 0 Å². The highest BCUT2D eigenvalue weighted by molar-refractivity contribution is 7.89. The number of rotatable bonds is 7. The molecule has 3 rings (SSSR count). The van der Waals surface area contributed by atoms with Gasteiger partial charge in [0.1, 0.15) is 4.90 Å². The Hall–Kier alpha value is -1.69. The molecule has 0 bridgehead atoms. The molecular weight excluding hydrogens is 473 g/mol. The molecule has 162 valence electrons. The average Bonchev–Trinajstić information content (AvgIpc) is 3.45. The van der Waals surface area contributed by atoms with Crippen LogP contribution in [0.2, 0.25) is 10.0 Å². The molecule has 1 amide bonds. The first-order valence-corrected chi connectivity index (χ1v) is 12.4. The van der Waals surface area contributed by atoms with Crippen LogP contribution in [0, 0.1) is 0 Å². The summed E-state index contributed by atoms with van der Waals surface area (Å²) >= 11 is 12.1. The van der Waals surface area contributed by atoms with Crippen LogP contribution in [-0.2, 0) is 20.0 Å². The summed E-state index contributed by atoms with van der Waals surface area (Å²) in [4.78, 5) is 12.5. The largest absolute Gasteiger partial charge is 0.322 e. The van der Waals surface area contributed by atoms with Gasteiger partial charge < -0.3 is 5.32 Å². The lowest BCUT2D eigenvalue weighted by atomic mass is 10.2. The lowest BCUT2D eigenvalue weighted by molar-refractivity contribution is 0.102. The fourth-order valence-corrected chi connectivity index (χ4v) is 5.58. The molecule has 0 atom stereocenters. The van der Waals surface area contributed by atoms with Gasteiger partial charge in [0.05, 0.1) is 20.5 Å². The lowest BCUT2D eigenvalue weighted by Gasteiger charge is -2.13. The second-order valence-corrected chi connectivity index (χ2v) is 11.6. The molecule has 2 N–H and O–H groups in total. The molecule has 2 aromatic rings. The highest BCUT2D eigenvalue weighted by Crippen LogP contribution is 2.31. The van der Waals surface area contributed by atoms with E-state index in [4.69, 9.17) is 23.2 Å². The maximum atomic E-state index is 12.7. The van der Waals surface area contributed by atoms with E-state index in [1.165, 1.54) is 44.4 Å². The molecule has 8 nitrogen and oxygen atoms in total. The number of hydrogen-bond donors (Lipinski definition) is 2. The Kier molecular flexibility index (Phi) is 6.47. The number of hydrogen-bond acceptors (Lipinski definition) is 5. The third kappa shape index (κ3) is 4.96. The van der Waals surface area contributed by atoms with Gasteiger partial charge >= 0.3 is 0 Å². The van der Waals surface area contributed by atoms with Gasteiger partial charge in [-0.05, 0) is 49.2 Å². The summed E-state index contributed by atoms with van der Waals surface area (Å²) in [6.07, 6.45) is 1.49. The van der Waals surface area contributed by atoms with Gasteiger partial charge in [0.25, 0.3) is 5.91 Å². The number of amides is 1. The predicted octanol–water partition coefficient (Wildman–Crippen LogP) is 2.94. The fraction of sp³-hybridized carbons (Fsp3) is 0.278. The van der Waals surface area contributed by atoms with Crippen LogP contribution in [0.5, 0.6) is 0 Å². The maximum Gasteiger partial charge on any atom is 0.257 e.